The fraction of sp³-hybridized carbons (Fsp3) is 0.0500. The van der Waals surface area contributed by atoms with Gasteiger partial charge in [0.2, 0.25) is 5.13 Å². The summed E-state index contributed by atoms with van der Waals surface area (Å²) in [5.41, 5.74) is 0.668. The zero-order valence-corrected chi connectivity index (χ0v) is 20.2. The summed E-state index contributed by atoms with van der Waals surface area (Å²) in [6, 6.07) is 12.7. The monoisotopic (exact) mass is 568 g/mol. The van der Waals surface area contributed by atoms with Crippen molar-refractivity contribution >= 4 is 83.8 Å². The molecular formula is C20H11BrCl2N4O5S. The van der Waals surface area contributed by atoms with Crippen LogP contribution in [-0.4, -0.2) is 28.6 Å². The minimum absolute atomic E-state index is 0.0880. The molecule has 2 aromatic heterocycles. The average molecular weight is 570 g/mol. The maximum Gasteiger partial charge on any atom is 0.433 e. The van der Waals surface area contributed by atoms with E-state index in [1.54, 1.807) is 18.2 Å². The highest BCUT2D eigenvalue weighted by atomic mass is 79.9. The second-order valence-corrected chi connectivity index (χ2v) is 9.12. The SMILES string of the molecule is O=C(COc1ccc(Cl)cc1Cl)N(/N=C/c1ccc([N+](=O)[O-])o1)c1nc2ccc(Br)cc2s1. The predicted molar refractivity (Wildman–Crippen MR) is 130 cm³/mol. The number of hydrazone groups is 1. The molecule has 0 aliphatic carbocycles. The Balaban J connectivity index is 1.62. The quantitative estimate of drug-likeness (QED) is 0.146. The number of benzene rings is 2. The molecule has 0 atom stereocenters. The molecule has 0 saturated heterocycles. The number of anilines is 1. The molecule has 0 radical (unpaired) electrons. The van der Waals surface area contributed by atoms with Crippen molar-refractivity contribution in [2.24, 2.45) is 5.10 Å². The van der Waals surface area contributed by atoms with Crippen LogP contribution in [0.3, 0.4) is 0 Å². The lowest BCUT2D eigenvalue weighted by Gasteiger charge is -2.14. The summed E-state index contributed by atoms with van der Waals surface area (Å²) in [6.07, 6.45) is 1.18. The molecule has 33 heavy (non-hydrogen) atoms. The number of nitrogens with zero attached hydrogens (tertiary/aromatic N) is 4. The van der Waals surface area contributed by atoms with Crippen molar-refractivity contribution in [1.29, 1.82) is 0 Å². The summed E-state index contributed by atoms with van der Waals surface area (Å²) in [6.45, 7) is -0.406. The third-order valence-corrected chi connectivity index (χ3v) is 6.11. The summed E-state index contributed by atoms with van der Waals surface area (Å²) in [5.74, 6) is -0.644. The van der Waals surface area contributed by atoms with E-state index in [2.05, 4.69) is 26.0 Å². The fourth-order valence-corrected chi connectivity index (χ4v) is 4.57. The number of aromatic nitrogens is 1. The Bertz CT molecular complexity index is 1390. The molecule has 0 unspecified atom stereocenters. The number of furan rings is 1. The number of nitro groups is 1. The summed E-state index contributed by atoms with van der Waals surface area (Å²) in [5, 5.41) is 17.0. The molecule has 0 aliphatic heterocycles. The number of thiazole rings is 1. The van der Waals surface area contributed by atoms with Crippen molar-refractivity contribution < 1.29 is 18.9 Å². The van der Waals surface area contributed by atoms with E-state index in [4.69, 9.17) is 32.4 Å². The molecule has 9 nitrogen and oxygen atoms in total. The van der Waals surface area contributed by atoms with Crippen LogP contribution in [0.1, 0.15) is 5.76 Å². The van der Waals surface area contributed by atoms with Crippen LogP contribution in [-0.2, 0) is 4.79 Å². The van der Waals surface area contributed by atoms with Gasteiger partial charge in [-0.15, -0.1) is 0 Å². The van der Waals surface area contributed by atoms with Gasteiger partial charge in [0, 0.05) is 9.50 Å². The number of hydrogen-bond acceptors (Lipinski definition) is 8. The zero-order valence-electron chi connectivity index (χ0n) is 16.3. The summed E-state index contributed by atoms with van der Waals surface area (Å²) in [4.78, 5) is 27.6. The van der Waals surface area contributed by atoms with E-state index in [1.807, 2.05) is 12.1 Å². The normalized spacial score (nSPS) is 11.2. The Kier molecular flexibility index (Phi) is 6.94. The van der Waals surface area contributed by atoms with Gasteiger partial charge in [0.1, 0.15) is 10.7 Å². The van der Waals surface area contributed by atoms with Crippen molar-refractivity contribution in [1.82, 2.24) is 4.98 Å². The first-order valence-electron chi connectivity index (χ1n) is 9.05. The number of carbonyl (C=O) groups excluding carboxylic acids is 1. The molecule has 168 valence electrons. The molecular weight excluding hydrogens is 559 g/mol. The van der Waals surface area contributed by atoms with Crippen molar-refractivity contribution in [3.8, 4) is 5.75 Å². The standard InChI is InChI=1S/C20H11BrCl2N4O5S/c21-11-1-4-15-17(7-11)33-20(25-15)26(24-9-13-3-6-19(32-13)27(29)30)18(28)10-31-16-5-2-12(22)8-14(16)23/h1-9H,10H2/b24-9+. The highest BCUT2D eigenvalue weighted by Gasteiger charge is 2.21. The molecule has 0 aliphatic rings. The van der Waals surface area contributed by atoms with Crippen LogP contribution < -0.4 is 9.75 Å². The molecule has 2 heterocycles. The summed E-state index contributed by atoms with van der Waals surface area (Å²) < 4.78 is 12.3. The maximum absolute atomic E-state index is 13.0. The first-order valence-corrected chi connectivity index (χ1v) is 11.4. The van der Waals surface area contributed by atoms with Crippen LogP contribution in [0.15, 0.2) is 62.5 Å². The number of fused-ring (bicyclic) bond motifs is 1. The Labute approximate surface area is 208 Å². The van der Waals surface area contributed by atoms with Crippen LogP contribution in [0, 0.1) is 10.1 Å². The van der Waals surface area contributed by atoms with Gasteiger partial charge in [0.15, 0.2) is 12.4 Å². The van der Waals surface area contributed by atoms with E-state index >= 15 is 0 Å². The Morgan fingerprint density at radius 3 is 2.82 bits per heavy atom. The Hall–Kier alpha value is -2.99. The number of hydrogen-bond donors (Lipinski definition) is 0. The lowest BCUT2D eigenvalue weighted by molar-refractivity contribution is -0.402. The van der Waals surface area contributed by atoms with E-state index in [9.17, 15) is 14.9 Å². The lowest BCUT2D eigenvalue weighted by atomic mass is 10.3. The molecule has 0 N–H and O–H groups in total. The minimum atomic E-state index is -0.671. The van der Waals surface area contributed by atoms with Crippen LogP contribution in [0.25, 0.3) is 10.2 Å². The molecule has 0 fully saturated rings. The Morgan fingerprint density at radius 2 is 2.09 bits per heavy atom. The molecule has 0 bridgehead atoms. The smallest absolute Gasteiger partial charge is 0.433 e. The summed E-state index contributed by atoms with van der Waals surface area (Å²) in [7, 11) is 0. The van der Waals surface area contributed by atoms with E-state index in [1.165, 1.54) is 35.8 Å². The van der Waals surface area contributed by atoms with Crippen LogP contribution >= 0.6 is 50.5 Å². The first-order chi connectivity index (χ1) is 15.8. The number of carbonyl (C=O) groups is 1. The molecule has 13 heteroatoms. The first kappa shape index (κ1) is 23.2. The molecule has 4 rings (SSSR count). The van der Waals surface area contributed by atoms with Gasteiger partial charge in [0.05, 0.1) is 27.5 Å². The van der Waals surface area contributed by atoms with Crippen molar-refractivity contribution in [2.45, 2.75) is 0 Å². The van der Waals surface area contributed by atoms with Crippen molar-refractivity contribution in [2.75, 3.05) is 11.6 Å². The fourth-order valence-electron chi connectivity index (χ4n) is 2.61. The highest BCUT2D eigenvalue weighted by Crippen LogP contribution is 2.32. The van der Waals surface area contributed by atoms with E-state index in [-0.39, 0.29) is 21.7 Å². The van der Waals surface area contributed by atoms with Crippen LogP contribution in [0.5, 0.6) is 5.75 Å². The van der Waals surface area contributed by atoms with Crippen molar-refractivity contribution in [3.05, 3.63) is 78.9 Å². The third-order valence-electron chi connectivity index (χ3n) is 4.09. The predicted octanol–water partition coefficient (Wildman–Crippen LogP) is 6.31. The van der Waals surface area contributed by atoms with Gasteiger partial charge in [-0.05, 0) is 42.5 Å². The minimum Gasteiger partial charge on any atom is -0.482 e. The van der Waals surface area contributed by atoms with E-state index < -0.39 is 23.3 Å². The van der Waals surface area contributed by atoms with Crippen LogP contribution in [0.4, 0.5) is 11.0 Å². The van der Waals surface area contributed by atoms with E-state index in [0.29, 0.717) is 10.5 Å². The number of rotatable bonds is 7. The second-order valence-electron chi connectivity index (χ2n) is 6.36. The van der Waals surface area contributed by atoms with Gasteiger partial charge in [0.25, 0.3) is 5.91 Å². The van der Waals surface area contributed by atoms with Gasteiger partial charge in [-0.2, -0.15) is 10.1 Å². The van der Waals surface area contributed by atoms with Gasteiger partial charge in [-0.3, -0.25) is 14.9 Å². The zero-order chi connectivity index (χ0) is 23.5. The average Bonchev–Trinajstić information content (AvgIpc) is 3.40. The van der Waals surface area contributed by atoms with Gasteiger partial charge in [-0.1, -0.05) is 50.5 Å². The Morgan fingerprint density at radius 1 is 1.27 bits per heavy atom. The van der Waals surface area contributed by atoms with Gasteiger partial charge >= 0.3 is 5.88 Å². The van der Waals surface area contributed by atoms with Gasteiger partial charge in [-0.25, -0.2) is 4.98 Å². The molecule has 0 spiro atoms. The molecule has 0 saturated carbocycles. The topological polar surface area (TPSA) is 111 Å². The molecule has 1 amide bonds. The summed E-state index contributed by atoms with van der Waals surface area (Å²) >= 11 is 16.6. The largest absolute Gasteiger partial charge is 0.482 e. The van der Waals surface area contributed by atoms with Crippen LogP contribution in [0.2, 0.25) is 10.0 Å². The van der Waals surface area contributed by atoms with Crippen molar-refractivity contribution in [3.63, 3.8) is 0 Å². The lowest BCUT2D eigenvalue weighted by Crippen LogP contribution is -2.30. The molecule has 4 aromatic rings. The number of halogens is 3. The number of ether oxygens (including phenoxy) is 1. The maximum atomic E-state index is 13.0. The highest BCUT2D eigenvalue weighted by molar-refractivity contribution is 9.10. The van der Waals surface area contributed by atoms with E-state index in [0.717, 1.165) is 14.2 Å². The third kappa shape index (κ3) is 5.50. The van der Waals surface area contributed by atoms with Gasteiger partial charge < -0.3 is 9.15 Å². The number of amides is 1. The second kappa shape index (κ2) is 9.87. The molecule has 2 aromatic carbocycles.